The minimum absolute atomic E-state index is 0.103. The van der Waals surface area contributed by atoms with E-state index in [2.05, 4.69) is 15.5 Å². The molecule has 1 aliphatic heterocycles. The van der Waals surface area contributed by atoms with E-state index in [9.17, 15) is 4.79 Å². The van der Waals surface area contributed by atoms with Crippen molar-refractivity contribution in [1.82, 2.24) is 25.3 Å². The van der Waals surface area contributed by atoms with E-state index in [1.54, 1.807) is 25.9 Å². The van der Waals surface area contributed by atoms with E-state index >= 15 is 0 Å². The molecule has 1 aromatic heterocycles. The number of amides is 2. The molecule has 0 radical (unpaired) electrons. The summed E-state index contributed by atoms with van der Waals surface area (Å²) in [7, 11) is 3.58. The van der Waals surface area contributed by atoms with Crippen molar-refractivity contribution in [2.75, 3.05) is 33.7 Å². The standard InChI is InChI=1S/C13H23N5O2/c1-10-15-12(16-20-10)4-7-14-11-5-8-18(9-6-11)13(19)17(2)3/h11,14H,4-9H2,1-3H3. The van der Waals surface area contributed by atoms with Gasteiger partial charge >= 0.3 is 6.03 Å². The Morgan fingerprint density at radius 3 is 2.70 bits per heavy atom. The summed E-state index contributed by atoms with van der Waals surface area (Å²) in [5.41, 5.74) is 0. The Morgan fingerprint density at radius 2 is 2.15 bits per heavy atom. The highest BCUT2D eigenvalue weighted by Crippen LogP contribution is 2.11. The molecule has 0 aromatic carbocycles. The van der Waals surface area contributed by atoms with Crippen LogP contribution in [0.5, 0.6) is 0 Å². The number of urea groups is 1. The average Bonchev–Trinajstić information content (AvgIpc) is 2.84. The van der Waals surface area contributed by atoms with E-state index < -0.39 is 0 Å². The fourth-order valence-corrected chi connectivity index (χ4v) is 2.39. The molecule has 1 aliphatic rings. The number of carbonyl (C=O) groups excluding carboxylic acids is 1. The van der Waals surface area contributed by atoms with Crippen LogP contribution in [0.15, 0.2) is 4.52 Å². The summed E-state index contributed by atoms with van der Waals surface area (Å²) in [6.45, 7) is 4.26. The molecule has 7 nitrogen and oxygen atoms in total. The zero-order chi connectivity index (χ0) is 14.5. The van der Waals surface area contributed by atoms with Crippen LogP contribution in [0.2, 0.25) is 0 Å². The van der Waals surface area contributed by atoms with Crippen LogP contribution < -0.4 is 5.32 Å². The molecule has 1 fully saturated rings. The number of aromatic nitrogens is 2. The van der Waals surface area contributed by atoms with Crippen LogP contribution in [0.1, 0.15) is 24.6 Å². The number of likely N-dealkylation sites (tertiary alicyclic amines) is 1. The first-order chi connectivity index (χ1) is 9.56. The Balaban J connectivity index is 1.66. The van der Waals surface area contributed by atoms with Crippen LogP contribution in [-0.2, 0) is 6.42 Å². The second-order valence-corrected chi connectivity index (χ2v) is 5.37. The highest BCUT2D eigenvalue weighted by atomic mass is 16.5. The van der Waals surface area contributed by atoms with Crippen LogP contribution >= 0.6 is 0 Å². The van der Waals surface area contributed by atoms with Gasteiger partial charge in [-0.25, -0.2) is 4.79 Å². The Morgan fingerprint density at radius 1 is 1.45 bits per heavy atom. The number of hydrogen-bond donors (Lipinski definition) is 1. The summed E-state index contributed by atoms with van der Waals surface area (Å²) in [6.07, 6.45) is 2.75. The first-order valence-corrected chi connectivity index (χ1v) is 7.05. The third-order valence-corrected chi connectivity index (χ3v) is 3.50. The lowest BCUT2D eigenvalue weighted by Crippen LogP contribution is -2.48. The summed E-state index contributed by atoms with van der Waals surface area (Å²) >= 11 is 0. The lowest BCUT2D eigenvalue weighted by Gasteiger charge is -2.34. The van der Waals surface area contributed by atoms with Crippen LogP contribution in [0.25, 0.3) is 0 Å². The third-order valence-electron chi connectivity index (χ3n) is 3.50. The van der Waals surface area contributed by atoms with Crippen molar-refractivity contribution in [1.29, 1.82) is 0 Å². The summed E-state index contributed by atoms with van der Waals surface area (Å²) in [4.78, 5) is 19.5. The van der Waals surface area contributed by atoms with Gasteiger partial charge in [0.15, 0.2) is 5.82 Å². The van der Waals surface area contributed by atoms with Gasteiger partial charge in [-0.1, -0.05) is 5.16 Å². The van der Waals surface area contributed by atoms with E-state index in [4.69, 9.17) is 4.52 Å². The van der Waals surface area contributed by atoms with Crippen molar-refractivity contribution < 1.29 is 9.32 Å². The van der Waals surface area contributed by atoms with E-state index in [-0.39, 0.29) is 6.03 Å². The molecule has 7 heteroatoms. The minimum atomic E-state index is 0.103. The van der Waals surface area contributed by atoms with E-state index in [0.29, 0.717) is 11.9 Å². The zero-order valence-electron chi connectivity index (χ0n) is 12.4. The van der Waals surface area contributed by atoms with Gasteiger partial charge in [-0.05, 0) is 12.8 Å². The summed E-state index contributed by atoms with van der Waals surface area (Å²) in [5.74, 6) is 1.35. The van der Waals surface area contributed by atoms with Crippen LogP contribution in [0.4, 0.5) is 4.79 Å². The van der Waals surface area contributed by atoms with Crippen molar-refractivity contribution in [3.63, 3.8) is 0 Å². The molecule has 1 aromatic rings. The molecule has 0 spiro atoms. The molecule has 0 saturated carbocycles. The smallest absolute Gasteiger partial charge is 0.319 e. The van der Waals surface area contributed by atoms with Gasteiger partial charge in [-0.2, -0.15) is 4.98 Å². The molecule has 1 N–H and O–H groups in total. The third kappa shape index (κ3) is 3.93. The Kier molecular flexibility index (Phi) is 4.94. The number of piperidine rings is 1. The quantitative estimate of drug-likeness (QED) is 0.877. The highest BCUT2D eigenvalue weighted by Gasteiger charge is 2.23. The van der Waals surface area contributed by atoms with Gasteiger partial charge in [0.1, 0.15) is 0 Å². The first-order valence-electron chi connectivity index (χ1n) is 7.05. The fourth-order valence-electron chi connectivity index (χ4n) is 2.39. The second-order valence-electron chi connectivity index (χ2n) is 5.37. The molecule has 112 valence electrons. The monoisotopic (exact) mass is 281 g/mol. The molecule has 1 saturated heterocycles. The van der Waals surface area contributed by atoms with Crippen LogP contribution in [0.3, 0.4) is 0 Å². The molecule has 20 heavy (non-hydrogen) atoms. The van der Waals surface area contributed by atoms with Crippen LogP contribution in [0, 0.1) is 6.92 Å². The van der Waals surface area contributed by atoms with Crippen molar-refractivity contribution in [3.05, 3.63) is 11.7 Å². The Hall–Kier alpha value is -1.63. The normalized spacial score (nSPS) is 16.4. The van der Waals surface area contributed by atoms with Crippen molar-refractivity contribution in [2.45, 2.75) is 32.2 Å². The van der Waals surface area contributed by atoms with E-state index in [0.717, 1.165) is 44.7 Å². The molecule has 0 unspecified atom stereocenters. The molecular formula is C13H23N5O2. The maximum atomic E-state index is 11.8. The molecule has 0 bridgehead atoms. The number of nitrogens with zero attached hydrogens (tertiary/aromatic N) is 4. The Bertz CT molecular complexity index is 438. The van der Waals surface area contributed by atoms with E-state index in [1.807, 2.05) is 4.90 Å². The summed E-state index contributed by atoms with van der Waals surface area (Å²) < 4.78 is 4.93. The topological polar surface area (TPSA) is 74.5 Å². The fraction of sp³-hybridized carbons (Fsp3) is 0.769. The zero-order valence-corrected chi connectivity index (χ0v) is 12.4. The van der Waals surface area contributed by atoms with Gasteiger partial charge in [0.05, 0.1) is 0 Å². The number of hydrogen-bond acceptors (Lipinski definition) is 5. The maximum absolute atomic E-state index is 11.8. The predicted molar refractivity (Wildman–Crippen MR) is 74.4 cm³/mol. The van der Waals surface area contributed by atoms with Crippen molar-refractivity contribution in [3.8, 4) is 0 Å². The maximum Gasteiger partial charge on any atom is 0.319 e. The molecule has 0 aliphatic carbocycles. The first kappa shape index (κ1) is 14.8. The van der Waals surface area contributed by atoms with Crippen molar-refractivity contribution >= 4 is 6.03 Å². The second kappa shape index (κ2) is 6.69. The molecule has 0 atom stereocenters. The van der Waals surface area contributed by atoms with Gasteiger partial charge < -0.3 is 19.6 Å². The largest absolute Gasteiger partial charge is 0.340 e. The van der Waals surface area contributed by atoms with Gasteiger partial charge in [0.2, 0.25) is 5.89 Å². The molecule has 2 heterocycles. The summed E-state index contributed by atoms with van der Waals surface area (Å²) in [6, 6.07) is 0.569. The number of rotatable bonds is 4. The van der Waals surface area contributed by atoms with Crippen molar-refractivity contribution in [2.24, 2.45) is 0 Å². The molecule has 2 amide bonds. The number of carbonyl (C=O) groups is 1. The molecule has 2 rings (SSSR count). The summed E-state index contributed by atoms with van der Waals surface area (Å²) in [5, 5.41) is 7.36. The lowest BCUT2D eigenvalue weighted by molar-refractivity contribution is 0.152. The van der Waals surface area contributed by atoms with Gasteiger partial charge in [-0.15, -0.1) is 0 Å². The SMILES string of the molecule is Cc1nc(CCNC2CCN(C(=O)N(C)C)CC2)no1. The Labute approximate surface area is 119 Å². The van der Waals surface area contributed by atoms with E-state index in [1.165, 1.54) is 0 Å². The minimum Gasteiger partial charge on any atom is -0.340 e. The molecular weight excluding hydrogens is 258 g/mol. The van der Waals surface area contributed by atoms with Gasteiger partial charge in [-0.3, -0.25) is 0 Å². The number of nitrogens with one attached hydrogen (secondary N) is 1. The highest BCUT2D eigenvalue weighted by molar-refractivity contribution is 5.73. The van der Waals surface area contributed by atoms with Crippen LogP contribution in [-0.4, -0.2) is 65.7 Å². The average molecular weight is 281 g/mol. The predicted octanol–water partition coefficient (Wildman–Crippen LogP) is 0.656. The number of aryl methyl sites for hydroxylation is 1. The lowest BCUT2D eigenvalue weighted by atomic mass is 10.1. The van der Waals surface area contributed by atoms with Gasteiger partial charge in [0.25, 0.3) is 0 Å². The van der Waals surface area contributed by atoms with Gasteiger partial charge in [0, 0.05) is 53.1 Å².